The number of benzene rings is 2. The molecule has 0 aliphatic carbocycles. The molecule has 3 aliphatic heterocycles. The van der Waals surface area contributed by atoms with Crippen LogP contribution in [0.25, 0.3) is 0 Å². The molecule has 0 saturated carbocycles. The van der Waals surface area contributed by atoms with E-state index >= 15 is 0 Å². The molecule has 276 valence electrons. The van der Waals surface area contributed by atoms with Crippen molar-refractivity contribution in [1.29, 1.82) is 0 Å². The van der Waals surface area contributed by atoms with Crippen molar-refractivity contribution in [3.63, 3.8) is 0 Å². The Labute approximate surface area is 292 Å². The predicted octanol–water partition coefficient (Wildman–Crippen LogP) is 1.75. The van der Waals surface area contributed by atoms with E-state index in [2.05, 4.69) is 0 Å². The lowest BCUT2D eigenvalue weighted by molar-refractivity contribution is -0.153. The zero-order chi connectivity index (χ0) is 35.2. The van der Waals surface area contributed by atoms with Gasteiger partial charge in [0.1, 0.15) is 5.75 Å². The van der Waals surface area contributed by atoms with Crippen LogP contribution in [-0.4, -0.2) is 141 Å². The minimum Gasteiger partial charge on any atom is -0.497 e. The summed E-state index contributed by atoms with van der Waals surface area (Å²) in [7, 11) is -2.46. The summed E-state index contributed by atoms with van der Waals surface area (Å²) in [5.41, 5.74) is 0.865. The second-order valence-corrected chi connectivity index (χ2v) is 13.4. The Kier molecular flexibility index (Phi) is 14.5. The highest BCUT2D eigenvalue weighted by Crippen LogP contribution is 2.38. The molecular weight excluding hydrogens is 676 g/mol. The molecule has 50 heavy (non-hydrogen) atoms. The van der Waals surface area contributed by atoms with Crippen molar-refractivity contribution in [3.8, 4) is 17.2 Å². The molecule has 16 heteroatoms. The number of hydrogen-bond acceptors (Lipinski definition) is 13. The van der Waals surface area contributed by atoms with E-state index in [0.717, 1.165) is 9.87 Å². The summed E-state index contributed by atoms with van der Waals surface area (Å²) in [6.45, 7) is 3.13. The van der Waals surface area contributed by atoms with Gasteiger partial charge in [-0.25, -0.2) is 8.42 Å². The normalized spacial score (nSPS) is 21.1. The van der Waals surface area contributed by atoms with Gasteiger partial charge in [-0.15, -0.1) is 0 Å². The molecule has 0 radical (unpaired) electrons. The van der Waals surface area contributed by atoms with Crippen LogP contribution in [0.3, 0.4) is 0 Å². The number of hydrogen-bond donors (Lipinski definition) is 1. The van der Waals surface area contributed by atoms with Crippen molar-refractivity contribution < 1.29 is 61.0 Å². The molecule has 5 rings (SSSR count). The quantitative estimate of drug-likeness (QED) is 0.358. The van der Waals surface area contributed by atoms with Crippen LogP contribution in [0.15, 0.2) is 59.2 Å². The number of allylic oxidation sites excluding steroid dienone is 1. The third-order valence-electron chi connectivity index (χ3n) is 8.20. The number of amides is 1. The number of nitrogens with zero attached hydrogens (tertiary/aromatic N) is 2. The lowest BCUT2D eigenvalue weighted by Crippen LogP contribution is -2.41. The van der Waals surface area contributed by atoms with E-state index in [4.69, 9.17) is 42.6 Å². The maximum atomic E-state index is 14.0. The molecule has 3 heterocycles. The Morgan fingerprint density at radius 2 is 1.52 bits per heavy atom. The van der Waals surface area contributed by atoms with Gasteiger partial charge in [0.25, 0.3) is 5.91 Å². The molecule has 1 amide bonds. The first-order valence-electron chi connectivity index (χ1n) is 16.6. The molecule has 0 aromatic heterocycles. The Balaban J connectivity index is 1.30. The van der Waals surface area contributed by atoms with Crippen molar-refractivity contribution >= 4 is 15.9 Å². The largest absolute Gasteiger partial charge is 0.497 e. The van der Waals surface area contributed by atoms with E-state index in [1.54, 1.807) is 23.1 Å². The number of fused-ring (bicyclic) bond motifs is 1. The molecule has 2 atom stereocenters. The number of sulfonamides is 1. The summed E-state index contributed by atoms with van der Waals surface area (Å²) >= 11 is 0. The van der Waals surface area contributed by atoms with Gasteiger partial charge >= 0.3 is 0 Å². The molecular formula is C34H46N2O13S. The fourth-order valence-corrected chi connectivity index (χ4v) is 6.93. The van der Waals surface area contributed by atoms with Gasteiger partial charge in [0, 0.05) is 38.5 Å². The standard InChI is InChI=1S/C34H46N2O13S/c1-41-28-3-5-29(6-4-28)50(39,40)36(8-12-37)11-15-46-33-24-27(26-2-7-30-31(22-26)48-25-47-30)23-32(49-33)34(38)35-9-13-42-16-18-44-20-21-45-19-17-43-14-10-35/h2-7,22-23,27,33,37H,8-21,24-25H2,1H3/t27-,33+/m0/s1. The number of carbonyl (C=O) groups is 1. The first-order valence-corrected chi connectivity index (χ1v) is 18.1. The second-order valence-electron chi connectivity index (χ2n) is 11.4. The zero-order valence-corrected chi connectivity index (χ0v) is 29.1. The maximum absolute atomic E-state index is 14.0. The van der Waals surface area contributed by atoms with E-state index in [9.17, 15) is 18.3 Å². The van der Waals surface area contributed by atoms with E-state index in [0.29, 0.717) is 76.4 Å². The number of aliphatic hydroxyl groups is 1. The van der Waals surface area contributed by atoms with Crippen LogP contribution in [-0.2, 0) is 43.2 Å². The molecule has 1 saturated heterocycles. The lowest BCUT2D eigenvalue weighted by Gasteiger charge is -2.32. The van der Waals surface area contributed by atoms with Gasteiger partial charge in [-0.05, 0) is 48.0 Å². The van der Waals surface area contributed by atoms with Crippen LogP contribution < -0.4 is 14.2 Å². The second kappa shape index (κ2) is 19.2. The summed E-state index contributed by atoms with van der Waals surface area (Å²) in [6.07, 6.45) is 1.22. The molecule has 1 N–H and O–H groups in total. The van der Waals surface area contributed by atoms with Crippen LogP contribution in [0.5, 0.6) is 17.2 Å². The number of carbonyl (C=O) groups excluding carboxylic acids is 1. The summed E-state index contributed by atoms with van der Waals surface area (Å²) in [6, 6.07) is 11.6. The van der Waals surface area contributed by atoms with Crippen molar-refractivity contribution in [1.82, 2.24) is 9.21 Å². The van der Waals surface area contributed by atoms with Gasteiger partial charge in [0.2, 0.25) is 23.1 Å². The molecule has 0 unspecified atom stereocenters. The Morgan fingerprint density at radius 3 is 2.16 bits per heavy atom. The summed E-state index contributed by atoms with van der Waals surface area (Å²) in [5.74, 6) is 1.17. The Hall–Kier alpha value is -3.48. The summed E-state index contributed by atoms with van der Waals surface area (Å²) < 4.78 is 78.9. The smallest absolute Gasteiger partial charge is 0.288 e. The third kappa shape index (κ3) is 10.5. The highest BCUT2D eigenvalue weighted by atomic mass is 32.2. The number of aliphatic hydroxyl groups excluding tert-OH is 1. The van der Waals surface area contributed by atoms with Crippen LogP contribution in [0.2, 0.25) is 0 Å². The number of ether oxygens (including phenoxy) is 9. The summed E-state index contributed by atoms with van der Waals surface area (Å²) in [4.78, 5) is 15.7. The first-order chi connectivity index (χ1) is 24.4. The van der Waals surface area contributed by atoms with Crippen molar-refractivity contribution in [2.75, 3.05) is 106 Å². The van der Waals surface area contributed by atoms with Crippen LogP contribution >= 0.6 is 0 Å². The maximum Gasteiger partial charge on any atom is 0.288 e. The van der Waals surface area contributed by atoms with E-state index in [1.165, 1.54) is 19.2 Å². The van der Waals surface area contributed by atoms with Crippen LogP contribution in [0.4, 0.5) is 0 Å². The van der Waals surface area contributed by atoms with Crippen molar-refractivity contribution in [2.45, 2.75) is 23.5 Å². The average Bonchev–Trinajstić information content (AvgIpc) is 3.61. The first kappa shape index (κ1) is 37.8. The van der Waals surface area contributed by atoms with E-state index in [1.807, 2.05) is 18.2 Å². The summed E-state index contributed by atoms with van der Waals surface area (Å²) in [5, 5.41) is 9.67. The highest BCUT2D eigenvalue weighted by Gasteiger charge is 2.33. The minimum absolute atomic E-state index is 0.0557. The SMILES string of the molecule is COc1ccc(S(=O)(=O)N(CCO)CCO[C@H]2C[C@@H](c3ccc4c(c3)OCO4)C=C(C(=O)N3CCOCCOCCOCCOCC3)O2)cc1. The zero-order valence-electron chi connectivity index (χ0n) is 28.2. The fraction of sp³-hybridized carbons (Fsp3) is 0.559. The van der Waals surface area contributed by atoms with E-state index < -0.39 is 16.3 Å². The molecule has 0 bridgehead atoms. The predicted molar refractivity (Wildman–Crippen MR) is 178 cm³/mol. The van der Waals surface area contributed by atoms with Crippen LogP contribution in [0.1, 0.15) is 17.9 Å². The van der Waals surface area contributed by atoms with Crippen LogP contribution in [0, 0.1) is 0 Å². The molecule has 2 aromatic carbocycles. The van der Waals surface area contributed by atoms with Gasteiger partial charge in [0.05, 0.1) is 78.1 Å². The van der Waals surface area contributed by atoms with Crippen molar-refractivity contribution in [2.24, 2.45) is 0 Å². The molecule has 15 nitrogen and oxygen atoms in total. The van der Waals surface area contributed by atoms with Gasteiger partial charge in [-0.1, -0.05) is 6.07 Å². The molecule has 0 spiro atoms. The number of rotatable bonds is 11. The Bertz CT molecular complexity index is 1490. The van der Waals surface area contributed by atoms with Gasteiger partial charge in [0.15, 0.2) is 17.3 Å². The van der Waals surface area contributed by atoms with Gasteiger partial charge < -0.3 is 52.6 Å². The molecule has 2 aromatic rings. The fourth-order valence-electron chi connectivity index (χ4n) is 5.52. The lowest BCUT2D eigenvalue weighted by atomic mass is 9.92. The van der Waals surface area contributed by atoms with E-state index in [-0.39, 0.29) is 68.8 Å². The molecule has 1 fully saturated rings. The van der Waals surface area contributed by atoms with Gasteiger partial charge in [-0.2, -0.15) is 4.31 Å². The topological polar surface area (TPSA) is 161 Å². The number of methoxy groups -OCH3 is 1. The van der Waals surface area contributed by atoms with Crippen molar-refractivity contribution in [3.05, 3.63) is 59.9 Å². The Morgan fingerprint density at radius 1 is 0.880 bits per heavy atom. The highest BCUT2D eigenvalue weighted by molar-refractivity contribution is 7.89. The third-order valence-corrected chi connectivity index (χ3v) is 10.1. The average molecular weight is 723 g/mol. The monoisotopic (exact) mass is 722 g/mol. The minimum atomic E-state index is -3.95. The molecule has 3 aliphatic rings. The van der Waals surface area contributed by atoms with Gasteiger partial charge in [-0.3, -0.25) is 4.79 Å².